The summed E-state index contributed by atoms with van der Waals surface area (Å²) in [6, 6.07) is 8.16. The summed E-state index contributed by atoms with van der Waals surface area (Å²) in [7, 11) is 0. The lowest BCUT2D eigenvalue weighted by atomic mass is 10.2. The van der Waals surface area contributed by atoms with Gasteiger partial charge in [0.05, 0.1) is 5.56 Å². The topological polar surface area (TPSA) is 48.1 Å². The van der Waals surface area contributed by atoms with Crippen LogP contribution in [0.3, 0.4) is 0 Å². The van der Waals surface area contributed by atoms with Crippen molar-refractivity contribution in [3.8, 4) is 11.6 Å². The van der Waals surface area contributed by atoms with E-state index in [0.29, 0.717) is 11.3 Å². The van der Waals surface area contributed by atoms with Gasteiger partial charge in [0.2, 0.25) is 5.88 Å². The highest BCUT2D eigenvalue weighted by atomic mass is 19.4. The molecular formula is C14H13F3N2O. The molecule has 0 aliphatic heterocycles. The Bertz CT molecular complexity index is 612. The fraction of sp³-hybridized carbons (Fsp3) is 0.214. The molecule has 2 N–H and O–H groups in total. The third-order valence-corrected chi connectivity index (χ3v) is 2.67. The summed E-state index contributed by atoms with van der Waals surface area (Å²) < 4.78 is 43.3. The summed E-state index contributed by atoms with van der Waals surface area (Å²) in [6.07, 6.45) is -4.41. The van der Waals surface area contributed by atoms with E-state index in [9.17, 15) is 13.2 Å². The van der Waals surface area contributed by atoms with Gasteiger partial charge in [-0.1, -0.05) is 12.1 Å². The van der Waals surface area contributed by atoms with E-state index in [0.717, 1.165) is 12.1 Å². The van der Waals surface area contributed by atoms with E-state index in [2.05, 4.69) is 4.98 Å². The molecule has 2 aromatic rings. The van der Waals surface area contributed by atoms with Crippen LogP contribution in [0.15, 0.2) is 36.4 Å². The molecule has 0 saturated heterocycles. The number of hydrogen-bond donors (Lipinski definition) is 1. The molecule has 106 valence electrons. The van der Waals surface area contributed by atoms with E-state index >= 15 is 0 Å². The minimum atomic E-state index is -4.41. The Morgan fingerprint density at radius 1 is 1.20 bits per heavy atom. The lowest BCUT2D eigenvalue weighted by Crippen LogP contribution is -2.05. The highest BCUT2D eigenvalue weighted by molar-refractivity contribution is 5.36. The second-order valence-electron chi connectivity index (χ2n) is 4.25. The molecule has 1 heterocycles. The van der Waals surface area contributed by atoms with Gasteiger partial charge in [-0.2, -0.15) is 13.2 Å². The number of alkyl halides is 3. The van der Waals surface area contributed by atoms with Crippen LogP contribution >= 0.6 is 0 Å². The summed E-state index contributed by atoms with van der Waals surface area (Å²) in [4.78, 5) is 4.15. The molecule has 6 heteroatoms. The molecule has 0 spiro atoms. The number of pyridine rings is 1. The Morgan fingerprint density at radius 2 is 1.95 bits per heavy atom. The number of halogens is 3. The number of rotatable bonds is 3. The van der Waals surface area contributed by atoms with Crippen LogP contribution in [0.25, 0.3) is 0 Å². The lowest BCUT2D eigenvalue weighted by molar-refractivity contribution is -0.137. The van der Waals surface area contributed by atoms with Gasteiger partial charge in [-0.3, -0.25) is 0 Å². The molecule has 0 amide bonds. The first-order valence-corrected chi connectivity index (χ1v) is 5.92. The summed E-state index contributed by atoms with van der Waals surface area (Å²) in [5.41, 5.74) is 6.12. The number of nitrogens with two attached hydrogens (primary N) is 1. The molecule has 0 aliphatic rings. The zero-order valence-electron chi connectivity index (χ0n) is 10.7. The first-order valence-electron chi connectivity index (χ1n) is 5.92. The molecule has 0 atom stereocenters. The smallest absolute Gasteiger partial charge is 0.416 e. The van der Waals surface area contributed by atoms with Gasteiger partial charge in [-0.15, -0.1) is 0 Å². The summed E-state index contributed by atoms with van der Waals surface area (Å²) in [5, 5.41) is 0. The average Bonchev–Trinajstić information content (AvgIpc) is 2.38. The van der Waals surface area contributed by atoms with Crippen molar-refractivity contribution in [1.82, 2.24) is 4.98 Å². The van der Waals surface area contributed by atoms with Crippen LogP contribution < -0.4 is 10.5 Å². The van der Waals surface area contributed by atoms with E-state index in [-0.39, 0.29) is 18.2 Å². The Balaban J connectivity index is 2.33. The van der Waals surface area contributed by atoms with Crippen molar-refractivity contribution in [2.75, 3.05) is 0 Å². The first-order chi connectivity index (χ1) is 9.40. The number of nitrogens with zero attached hydrogens (tertiary/aromatic N) is 1. The van der Waals surface area contributed by atoms with Gasteiger partial charge < -0.3 is 10.5 Å². The zero-order chi connectivity index (χ0) is 14.8. The van der Waals surface area contributed by atoms with E-state index in [1.807, 2.05) is 0 Å². The molecule has 0 radical (unpaired) electrons. The number of benzene rings is 1. The largest absolute Gasteiger partial charge is 0.439 e. The SMILES string of the molecule is Cc1ccc(CN)c(Oc2cccc(C(F)(F)F)c2)n1. The molecule has 0 aliphatic carbocycles. The van der Waals surface area contributed by atoms with Gasteiger partial charge in [0.25, 0.3) is 0 Å². The number of aromatic nitrogens is 1. The molecule has 20 heavy (non-hydrogen) atoms. The van der Waals surface area contributed by atoms with E-state index in [1.165, 1.54) is 12.1 Å². The van der Waals surface area contributed by atoms with E-state index in [1.54, 1.807) is 19.1 Å². The molecular weight excluding hydrogens is 269 g/mol. The fourth-order valence-electron chi connectivity index (χ4n) is 1.65. The highest BCUT2D eigenvalue weighted by Crippen LogP contribution is 2.32. The van der Waals surface area contributed by atoms with Crippen molar-refractivity contribution < 1.29 is 17.9 Å². The molecule has 3 nitrogen and oxygen atoms in total. The van der Waals surface area contributed by atoms with Gasteiger partial charge in [0.1, 0.15) is 5.75 Å². The maximum atomic E-state index is 12.6. The van der Waals surface area contributed by atoms with Gasteiger partial charge >= 0.3 is 6.18 Å². The average molecular weight is 282 g/mol. The Kier molecular flexibility index (Phi) is 3.94. The first kappa shape index (κ1) is 14.3. The molecule has 0 unspecified atom stereocenters. The zero-order valence-corrected chi connectivity index (χ0v) is 10.7. The highest BCUT2D eigenvalue weighted by Gasteiger charge is 2.30. The Hall–Kier alpha value is -2.08. The van der Waals surface area contributed by atoms with Crippen LogP contribution in [-0.4, -0.2) is 4.98 Å². The molecule has 1 aromatic carbocycles. The van der Waals surface area contributed by atoms with Gasteiger partial charge in [-0.25, -0.2) is 4.98 Å². The standard InChI is InChI=1S/C14H13F3N2O/c1-9-5-6-10(8-18)13(19-9)20-12-4-2-3-11(7-12)14(15,16)17/h2-7H,8,18H2,1H3. The monoisotopic (exact) mass is 282 g/mol. The Labute approximate surface area is 114 Å². The van der Waals surface area contributed by atoms with Crippen molar-refractivity contribution in [2.45, 2.75) is 19.6 Å². The fourth-order valence-corrected chi connectivity index (χ4v) is 1.65. The number of hydrogen-bond acceptors (Lipinski definition) is 3. The normalized spacial score (nSPS) is 11.4. The molecule has 2 rings (SSSR count). The molecule has 0 bridgehead atoms. The number of aryl methyl sites for hydroxylation is 1. The third-order valence-electron chi connectivity index (χ3n) is 2.67. The van der Waals surface area contributed by atoms with Crippen molar-refractivity contribution in [2.24, 2.45) is 5.73 Å². The van der Waals surface area contributed by atoms with Crippen molar-refractivity contribution in [3.05, 3.63) is 53.2 Å². The minimum absolute atomic E-state index is 0.0765. The van der Waals surface area contributed by atoms with Crippen LogP contribution in [0.2, 0.25) is 0 Å². The molecule has 0 saturated carbocycles. The summed E-state index contributed by atoms with van der Waals surface area (Å²) in [6.45, 7) is 1.96. The second-order valence-corrected chi connectivity index (χ2v) is 4.25. The van der Waals surface area contributed by atoms with Crippen LogP contribution in [-0.2, 0) is 12.7 Å². The Morgan fingerprint density at radius 3 is 2.60 bits per heavy atom. The van der Waals surface area contributed by atoms with Crippen LogP contribution in [0, 0.1) is 6.92 Å². The van der Waals surface area contributed by atoms with E-state index in [4.69, 9.17) is 10.5 Å². The lowest BCUT2D eigenvalue weighted by Gasteiger charge is -2.12. The second kappa shape index (κ2) is 5.50. The quantitative estimate of drug-likeness (QED) is 0.934. The predicted octanol–water partition coefficient (Wildman–Crippen LogP) is 3.66. The molecule has 0 fully saturated rings. The maximum Gasteiger partial charge on any atom is 0.416 e. The molecule has 1 aromatic heterocycles. The van der Waals surface area contributed by atoms with Crippen molar-refractivity contribution in [1.29, 1.82) is 0 Å². The predicted molar refractivity (Wildman–Crippen MR) is 68.4 cm³/mol. The third kappa shape index (κ3) is 3.27. The minimum Gasteiger partial charge on any atom is -0.439 e. The maximum absolute atomic E-state index is 12.6. The van der Waals surface area contributed by atoms with Gasteiger partial charge in [0.15, 0.2) is 0 Å². The van der Waals surface area contributed by atoms with Crippen LogP contribution in [0.5, 0.6) is 11.6 Å². The van der Waals surface area contributed by atoms with Gasteiger partial charge in [0, 0.05) is 17.8 Å². The summed E-state index contributed by atoms with van der Waals surface area (Å²) >= 11 is 0. The summed E-state index contributed by atoms with van der Waals surface area (Å²) in [5.74, 6) is 0.305. The van der Waals surface area contributed by atoms with Crippen molar-refractivity contribution >= 4 is 0 Å². The van der Waals surface area contributed by atoms with Crippen LogP contribution in [0.1, 0.15) is 16.8 Å². The van der Waals surface area contributed by atoms with Crippen molar-refractivity contribution in [3.63, 3.8) is 0 Å². The van der Waals surface area contributed by atoms with Gasteiger partial charge in [-0.05, 0) is 31.2 Å². The van der Waals surface area contributed by atoms with E-state index < -0.39 is 11.7 Å². The number of ether oxygens (including phenoxy) is 1. The van der Waals surface area contributed by atoms with Crippen LogP contribution in [0.4, 0.5) is 13.2 Å².